The van der Waals surface area contributed by atoms with Crippen LogP contribution in [0, 0.1) is 0 Å². The number of nitrogens with zero attached hydrogens (tertiary/aromatic N) is 2. The number of para-hydroxylation sites is 1. The van der Waals surface area contributed by atoms with E-state index < -0.39 is 12.0 Å². The first kappa shape index (κ1) is 20.1. The lowest BCUT2D eigenvalue weighted by Crippen LogP contribution is -2.46. The average Bonchev–Trinajstić information content (AvgIpc) is 2.80. The SMILES string of the molecule is O=C(O)C1CCCCN1C(c1cccnc1)c1ccccc1OCc1ccccc1. The summed E-state index contributed by atoms with van der Waals surface area (Å²) < 4.78 is 6.22. The monoisotopic (exact) mass is 402 g/mol. The number of ether oxygens (including phenoxy) is 1. The van der Waals surface area contributed by atoms with E-state index in [0.29, 0.717) is 13.0 Å². The Hall–Kier alpha value is -3.18. The summed E-state index contributed by atoms with van der Waals surface area (Å²) in [5, 5.41) is 9.88. The fourth-order valence-electron chi connectivity index (χ4n) is 4.19. The molecule has 0 radical (unpaired) electrons. The van der Waals surface area contributed by atoms with Crippen LogP contribution in [-0.4, -0.2) is 33.5 Å². The number of piperidine rings is 1. The molecule has 154 valence electrons. The van der Waals surface area contributed by atoms with Crippen molar-refractivity contribution in [2.24, 2.45) is 0 Å². The second-order valence-electron chi connectivity index (χ2n) is 7.59. The van der Waals surface area contributed by atoms with Crippen molar-refractivity contribution < 1.29 is 14.6 Å². The highest BCUT2D eigenvalue weighted by molar-refractivity contribution is 5.73. The van der Waals surface area contributed by atoms with Crippen molar-refractivity contribution >= 4 is 5.97 Å². The molecule has 0 amide bonds. The number of hydrogen-bond acceptors (Lipinski definition) is 4. The van der Waals surface area contributed by atoms with Crippen molar-refractivity contribution in [2.75, 3.05) is 6.54 Å². The van der Waals surface area contributed by atoms with Gasteiger partial charge in [0.15, 0.2) is 0 Å². The molecule has 3 aromatic rings. The molecule has 2 aromatic carbocycles. The summed E-state index contributed by atoms with van der Waals surface area (Å²) in [5.74, 6) is -0.00352. The molecule has 0 saturated carbocycles. The van der Waals surface area contributed by atoms with Crippen LogP contribution in [0.1, 0.15) is 42.0 Å². The average molecular weight is 402 g/mol. The first-order valence-corrected chi connectivity index (χ1v) is 10.4. The van der Waals surface area contributed by atoms with Gasteiger partial charge in [0.1, 0.15) is 18.4 Å². The molecule has 5 nitrogen and oxygen atoms in total. The molecule has 1 fully saturated rings. The minimum Gasteiger partial charge on any atom is -0.489 e. The summed E-state index contributed by atoms with van der Waals surface area (Å²) in [5.41, 5.74) is 3.03. The third kappa shape index (κ3) is 4.52. The van der Waals surface area contributed by atoms with E-state index in [1.165, 1.54) is 0 Å². The van der Waals surface area contributed by atoms with Crippen molar-refractivity contribution in [3.63, 3.8) is 0 Å². The molecule has 1 N–H and O–H groups in total. The predicted molar refractivity (Wildman–Crippen MR) is 115 cm³/mol. The van der Waals surface area contributed by atoms with Crippen LogP contribution in [0.15, 0.2) is 79.1 Å². The third-order valence-electron chi connectivity index (χ3n) is 5.61. The van der Waals surface area contributed by atoms with Crippen molar-refractivity contribution in [2.45, 2.75) is 38.0 Å². The van der Waals surface area contributed by atoms with E-state index in [4.69, 9.17) is 4.74 Å². The maximum absolute atomic E-state index is 12.0. The van der Waals surface area contributed by atoms with Crippen LogP contribution < -0.4 is 4.74 Å². The largest absolute Gasteiger partial charge is 0.489 e. The van der Waals surface area contributed by atoms with E-state index in [1.807, 2.05) is 72.9 Å². The van der Waals surface area contributed by atoms with Crippen LogP contribution in [0.2, 0.25) is 0 Å². The van der Waals surface area contributed by atoms with Gasteiger partial charge in [-0.05, 0) is 42.6 Å². The molecule has 1 aliphatic heterocycles. The lowest BCUT2D eigenvalue weighted by atomic mass is 9.92. The van der Waals surface area contributed by atoms with Crippen LogP contribution in [0.3, 0.4) is 0 Å². The second kappa shape index (κ2) is 9.55. The molecule has 0 spiro atoms. The number of hydrogen-bond donors (Lipinski definition) is 1. The van der Waals surface area contributed by atoms with Gasteiger partial charge < -0.3 is 9.84 Å². The van der Waals surface area contributed by atoms with Gasteiger partial charge >= 0.3 is 5.97 Å². The zero-order valence-corrected chi connectivity index (χ0v) is 16.9. The number of benzene rings is 2. The Morgan fingerprint density at radius 1 is 1.07 bits per heavy atom. The molecule has 1 aromatic heterocycles. The topological polar surface area (TPSA) is 62.7 Å². The number of rotatable bonds is 7. The van der Waals surface area contributed by atoms with E-state index in [0.717, 1.165) is 41.8 Å². The van der Waals surface area contributed by atoms with Gasteiger partial charge in [-0.15, -0.1) is 0 Å². The molecule has 2 heterocycles. The van der Waals surface area contributed by atoms with Gasteiger partial charge in [-0.25, -0.2) is 0 Å². The Morgan fingerprint density at radius 2 is 1.87 bits per heavy atom. The number of likely N-dealkylation sites (tertiary alicyclic amines) is 1. The van der Waals surface area contributed by atoms with E-state index in [9.17, 15) is 9.90 Å². The number of pyridine rings is 1. The predicted octanol–water partition coefficient (Wildman–Crippen LogP) is 4.69. The highest BCUT2D eigenvalue weighted by Crippen LogP contribution is 2.38. The number of aliphatic carboxylic acids is 1. The van der Waals surface area contributed by atoms with Crippen LogP contribution in [0.4, 0.5) is 0 Å². The standard InChI is InChI=1S/C25H26N2O3/c28-25(29)22-13-6-7-16-27(22)24(20-11-8-15-26-17-20)21-12-4-5-14-23(21)30-18-19-9-2-1-3-10-19/h1-5,8-12,14-15,17,22,24H,6-7,13,16,18H2,(H,28,29). The van der Waals surface area contributed by atoms with Crippen LogP contribution in [0.25, 0.3) is 0 Å². The number of carboxylic acids is 1. The highest BCUT2D eigenvalue weighted by Gasteiger charge is 2.36. The fraction of sp³-hybridized carbons (Fsp3) is 0.280. The first-order chi connectivity index (χ1) is 14.7. The first-order valence-electron chi connectivity index (χ1n) is 10.4. The van der Waals surface area contributed by atoms with Gasteiger partial charge in [-0.3, -0.25) is 14.7 Å². The van der Waals surface area contributed by atoms with Crippen molar-refractivity contribution in [1.82, 2.24) is 9.88 Å². The van der Waals surface area contributed by atoms with Gasteiger partial charge in [0.2, 0.25) is 0 Å². The van der Waals surface area contributed by atoms with E-state index in [1.54, 1.807) is 6.20 Å². The molecular weight excluding hydrogens is 376 g/mol. The number of carboxylic acid groups (broad SMARTS) is 1. The van der Waals surface area contributed by atoms with Gasteiger partial charge in [-0.1, -0.05) is 61.0 Å². The second-order valence-corrected chi connectivity index (χ2v) is 7.59. The van der Waals surface area contributed by atoms with Crippen molar-refractivity contribution in [3.05, 3.63) is 95.8 Å². The summed E-state index contributed by atoms with van der Waals surface area (Å²) in [4.78, 5) is 18.4. The Morgan fingerprint density at radius 3 is 2.63 bits per heavy atom. The summed E-state index contributed by atoms with van der Waals surface area (Å²) in [6, 6.07) is 21.1. The zero-order valence-electron chi connectivity index (χ0n) is 16.9. The third-order valence-corrected chi connectivity index (χ3v) is 5.61. The Balaban J connectivity index is 1.72. The zero-order chi connectivity index (χ0) is 20.8. The van der Waals surface area contributed by atoms with E-state index in [2.05, 4.69) is 9.88 Å². The van der Waals surface area contributed by atoms with Crippen LogP contribution in [0.5, 0.6) is 5.75 Å². The van der Waals surface area contributed by atoms with Crippen molar-refractivity contribution in [3.8, 4) is 5.75 Å². The highest BCUT2D eigenvalue weighted by atomic mass is 16.5. The number of aromatic nitrogens is 1. The van der Waals surface area contributed by atoms with Gasteiger partial charge in [0, 0.05) is 18.0 Å². The molecule has 5 heteroatoms. The van der Waals surface area contributed by atoms with Gasteiger partial charge in [-0.2, -0.15) is 0 Å². The maximum atomic E-state index is 12.0. The molecule has 2 atom stereocenters. The molecule has 1 aliphatic rings. The summed E-state index contributed by atoms with van der Waals surface area (Å²) in [6.45, 7) is 1.18. The molecule has 0 aliphatic carbocycles. The Labute approximate surface area is 177 Å². The van der Waals surface area contributed by atoms with Gasteiger partial charge in [0.25, 0.3) is 0 Å². The van der Waals surface area contributed by atoms with Crippen LogP contribution >= 0.6 is 0 Å². The summed E-state index contributed by atoms with van der Waals surface area (Å²) in [6.07, 6.45) is 6.13. The van der Waals surface area contributed by atoms with E-state index in [-0.39, 0.29) is 6.04 Å². The molecule has 4 rings (SSSR count). The molecule has 0 bridgehead atoms. The molecule has 2 unspecified atom stereocenters. The number of carbonyl (C=O) groups is 1. The summed E-state index contributed by atoms with van der Waals surface area (Å²) >= 11 is 0. The molecular formula is C25H26N2O3. The Bertz CT molecular complexity index is 962. The maximum Gasteiger partial charge on any atom is 0.320 e. The summed E-state index contributed by atoms with van der Waals surface area (Å²) in [7, 11) is 0. The quantitative estimate of drug-likeness (QED) is 0.621. The lowest BCUT2D eigenvalue weighted by Gasteiger charge is -2.40. The normalized spacial score (nSPS) is 17.9. The molecule has 30 heavy (non-hydrogen) atoms. The van der Waals surface area contributed by atoms with Crippen molar-refractivity contribution in [1.29, 1.82) is 0 Å². The lowest BCUT2D eigenvalue weighted by molar-refractivity contribution is -0.145. The minimum absolute atomic E-state index is 0.230. The fourth-order valence-corrected chi connectivity index (χ4v) is 4.19. The minimum atomic E-state index is -0.772. The van der Waals surface area contributed by atoms with Crippen LogP contribution in [-0.2, 0) is 11.4 Å². The van der Waals surface area contributed by atoms with Gasteiger partial charge in [0.05, 0.1) is 6.04 Å². The Kier molecular flexibility index (Phi) is 6.40. The smallest absolute Gasteiger partial charge is 0.320 e. The van der Waals surface area contributed by atoms with E-state index >= 15 is 0 Å². The molecule has 1 saturated heterocycles.